The van der Waals surface area contributed by atoms with Gasteiger partial charge in [0, 0.05) is 53.3 Å². The molecule has 2 saturated heterocycles. The second-order valence-corrected chi connectivity index (χ2v) is 10.4. The maximum absolute atomic E-state index is 13.0. The molecule has 1 amide bonds. The zero-order chi connectivity index (χ0) is 24.5. The number of likely N-dealkylation sites (tertiary alicyclic amines) is 2. The summed E-state index contributed by atoms with van der Waals surface area (Å²) in [5.74, 6) is 0.736. The third kappa shape index (κ3) is 7.63. The van der Waals surface area contributed by atoms with Gasteiger partial charge in [0.05, 0.1) is 0 Å². The average Bonchev–Trinajstić information content (AvgIpc) is 2.85. The molecule has 2 aliphatic rings. The molecule has 0 aromatic heterocycles. The predicted octanol–water partition coefficient (Wildman–Crippen LogP) is 5.61. The largest absolute Gasteiger partial charge is 0.396 e. The zero-order valence-electron chi connectivity index (χ0n) is 19.8. The van der Waals surface area contributed by atoms with Crippen molar-refractivity contribution in [3.8, 4) is 0 Å². The van der Waals surface area contributed by atoms with Crippen LogP contribution >= 0.6 is 34.8 Å². The fourth-order valence-corrected chi connectivity index (χ4v) is 5.54. The predicted molar refractivity (Wildman–Crippen MR) is 141 cm³/mol. The molecule has 0 radical (unpaired) electrons. The van der Waals surface area contributed by atoms with Crippen LogP contribution in [0, 0.1) is 11.8 Å². The van der Waals surface area contributed by atoms with Gasteiger partial charge in [-0.1, -0.05) is 53.0 Å². The van der Waals surface area contributed by atoms with Gasteiger partial charge >= 0.3 is 0 Å². The Bertz CT molecular complexity index is 848. The Morgan fingerprint density at radius 3 is 2.50 bits per heavy atom. The maximum Gasteiger partial charge on any atom is 0.225 e. The van der Waals surface area contributed by atoms with Crippen molar-refractivity contribution < 1.29 is 9.90 Å². The Hall–Kier alpha value is -1.24. The number of nitrogens with zero attached hydrogens (tertiary/aromatic N) is 2. The van der Waals surface area contributed by atoms with Crippen LogP contribution in [-0.2, 0) is 4.79 Å². The molecule has 2 unspecified atom stereocenters. The highest BCUT2D eigenvalue weighted by Gasteiger charge is 2.32. The summed E-state index contributed by atoms with van der Waals surface area (Å²) in [6.45, 7) is 5.61. The van der Waals surface area contributed by atoms with E-state index in [1.807, 2.05) is 29.3 Å². The first-order valence-electron chi connectivity index (χ1n) is 12.2. The lowest BCUT2D eigenvalue weighted by Gasteiger charge is -2.39. The van der Waals surface area contributed by atoms with Crippen molar-refractivity contribution in [2.24, 2.45) is 11.8 Å². The molecule has 34 heavy (non-hydrogen) atoms. The van der Waals surface area contributed by atoms with E-state index in [1.165, 1.54) is 0 Å². The Morgan fingerprint density at radius 2 is 1.88 bits per heavy atom. The van der Waals surface area contributed by atoms with Gasteiger partial charge in [-0.05, 0) is 81.9 Å². The van der Waals surface area contributed by atoms with E-state index in [4.69, 9.17) is 34.8 Å². The van der Waals surface area contributed by atoms with E-state index in [1.54, 1.807) is 11.6 Å². The molecule has 2 fully saturated rings. The first-order chi connectivity index (χ1) is 16.4. The van der Waals surface area contributed by atoms with Gasteiger partial charge in [-0.3, -0.25) is 9.69 Å². The lowest BCUT2D eigenvalue weighted by atomic mass is 9.91. The third-order valence-corrected chi connectivity index (χ3v) is 7.83. The van der Waals surface area contributed by atoms with Gasteiger partial charge in [0.25, 0.3) is 0 Å². The first kappa shape index (κ1) is 27.3. The summed E-state index contributed by atoms with van der Waals surface area (Å²) in [7, 11) is 0. The highest BCUT2D eigenvalue weighted by molar-refractivity contribution is 6.35. The summed E-state index contributed by atoms with van der Waals surface area (Å²) >= 11 is 18.2. The Balaban J connectivity index is 1.53. The molecule has 0 spiro atoms. The highest BCUT2D eigenvalue weighted by Crippen LogP contribution is 2.27. The van der Waals surface area contributed by atoms with Crippen molar-refractivity contribution in [2.75, 3.05) is 32.8 Å². The normalized spacial score (nSPS) is 20.8. The van der Waals surface area contributed by atoms with Gasteiger partial charge in [-0.25, -0.2) is 0 Å². The minimum atomic E-state index is 0.0450. The fraction of sp³-hybridized carbons (Fsp3) is 0.577. The standard InChI is InChI=1S/C26H36Cl3N3O2/c1-19(24-5-4-22(28)17-25(24)29)30-12-6-23(3-2-11-27)31-15-9-21(10-16-31)26(34)32-13-7-20(18-33)8-14-32/h2,4-6,11-12,17,19-21,23,30,33H,3,7-10,13-16,18H2,1H3/b11-2+,12-6+. The number of carbonyl (C=O) groups excluding carboxylic acids is 1. The number of rotatable bonds is 9. The maximum atomic E-state index is 13.0. The minimum Gasteiger partial charge on any atom is -0.396 e. The Labute approximate surface area is 218 Å². The van der Waals surface area contributed by atoms with Crippen LogP contribution in [0.15, 0.2) is 42.1 Å². The molecule has 0 aliphatic carbocycles. The van der Waals surface area contributed by atoms with E-state index in [0.717, 1.165) is 63.8 Å². The summed E-state index contributed by atoms with van der Waals surface area (Å²) in [6, 6.07) is 5.79. The lowest BCUT2D eigenvalue weighted by Crippen LogP contribution is -2.47. The van der Waals surface area contributed by atoms with E-state index < -0.39 is 0 Å². The average molecular weight is 529 g/mol. The molecule has 2 heterocycles. The molecule has 188 valence electrons. The van der Waals surface area contributed by atoms with Crippen LogP contribution in [0.1, 0.15) is 50.6 Å². The van der Waals surface area contributed by atoms with Gasteiger partial charge < -0.3 is 15.3 Å². The van der Waals surface area contributed by atoms with Crippen LogP contribution < -0.4 is 5.32 Å². The molecule has 2 aliphatic heterocycles. The van der Waals surface area contributed by atoms with E-state index in [0.29, 0.717) is 21.9 Å². The van der Waals surface area contributed by atoms with Crippen LogP contribution in [-0.4, -0.2) is 59.6 Å². The molecular weight excluding hydrogens is 493 g/mol. The number of hydrogen-bond donors (Lipinski definition) is 2. The fourth-order valence-electron chi connectivity index (χ4n) is 4.87. The number of aliphatic hydroxyl groups excluding tert-OH is 1. The second-order valence-electron chi connectivity index (χ2n) is 9.34. The van der Waals surface area contributed by atoms with Crippen molar-refractivity contribution in [3.63, 3.8) is 0 Å². The summed E-state index contributed by atoms with van der Waals surface area (Å²) < 4.78 is 0. The number of aliphatic hydroxyl groups is 1. The van der Waals surface area contributed by atoms with Crippen LogP contribution in [0.4, 0.5) is 0 Å². The molecule has 1 aromatic rings. The molecule has 0 bridgehead atoms. The number of nitrogens with one attached hydrogen (secondary N) is 1. The van der Waals surface area contributed by atoms with Crippen LogP contribution in [0.25, 0.3) is 0 Å². The molecule has 8 heteroatoms. The number of hydrogen-bond acceptors (Lipinski definition) is 4. The molecule has 1 aromatic carbocycles. The lowest BCUT2D eigenvalue weighted by molar-refractivity contribution is -0.138. The van der Waals surface area contributed by atoms with Gasteiger partial charge in [0.2, 0.25) is 5.91 Å². The Morgan fingerprint density at radius 1 is 1.18 bits per heavy atom. The summed E-state index contributed by atoms with van der Waals surface area (Å²) in [5, 5.41) is 14.0. The number of amides is 1. The second kappa shape index (κ2) is 13.7. The van der Waals surface area contributed by atoms with Gasteiger partial charge in [-0.15, -0.1) is 0 Å². The summed E-state index contributed by atoms with van der Waals surface area (Å²) in [5.41, 5.74) is 2.56. The zero-order valence-corrected chi connectivity index (χ0v) is 22.1. The summed E-state index contributed by atoms with van der Waals surface area (Å²) in [6.07, 6.45) is 10.5. The van der Waals surface area contributed by atoms with Gasteiger partial charge in [0.15, 0.2) is 0 Å². The summed E-state index contributed by atoms with van der Waals surface area (Å²) in [4.78, 5) is 17.4. The number of carbonyl (C=O) groups is 1. The van der Waals surface area contributed by atoms with Crippen molar-refractivity contribution in [1.82, 2.24) is 15.1 Å². The number of benzene rings is 1. The van der Waals surface area contributed by atoms with Crippen LogP contribution in [0.2, 0.25) is 10.0 Å². The smallest absolute Gasteiger partial charge is 0.225 e. The monoisotopic (exact) mass is 527 g/mol. The first-order valence-corrected chi connectivity index (χ1v) is 13.4. The van der Waals surface area contributed by atoms with Crippen molar-refractivity contribution in [2.45, 2.75) is 51.1 Å². The highest BCUT2D eigenvalue weighted by atomic mass is 35.5. The number of halogens is 3. The van der Waals surface area contributed by atoms with E-state index >= 15 is 0 Å². The molecule has 2 N–H and O–H groups in total. The van der Waals surface area contributed by atoms with Crippen LogP contribution in [0.3, 0.4) is 0 Å². The molecule has 0 saturated carbocycles. The van der Waals surface area contributed by atoms with Crippen molar-refractivity contribution in [1.29, 1.82) is 0 Å². The van der Waals surface area contributed by atoms with Crippen molar-refractivity contribution in [3.05, 3.63) is 57.7 Å². The topological polar surface area (TPSA) is 55.8 Å². The molecule has 5 nitrogen and oxygen atoms in total. The van der Waals surface area contributed by atoms with E-state index in [2.05, 4.69) is 23.2 Å². The number of piperidine rings is 2. The van der Waals surface area contributed by atoms with Crippen molar-refractivity contribution >= 4 is 40.7 Å². The van der Waals surface area contributed by atoms with E-state index in [-0.39, 0.29) is 24.6 Å². The van der Waals surface area contributed by atoms with Gasteiger partial charge in [0.1, 0.15) is 0 Å². The molecular formula is C26H36Cl3N3O2. The van der Waals surface area contributed by atoms with Crippen LogP contribution in [0.5, 0.6) is 0 Å². The van der Waals surface area contributed by atoms with Gasteiger partial charge in [-0.2, -0.15) is 0 Å². The Kier molecular flexibility index (Phi) is 11.1. The molecule has 2 atom stereocenters. The SMILES string of the molecule is CC(N/C=C/C(C/C=C/Cl)N1CCC(C(=O)N2CCC(CO)CC2)CC1)c1ccc(Cl)cc1Cl. The third-order valence-electron chi connectivity index (χ3n) is 7.09. The minimum absolute atomic E-state index is 0.0450. The van der Waals surface area contributed by atoms with E-state index in [9.17, 15) is 9.90 Å². The molecule has 3 rings (SSSR count). The quantitative estimate of drug-likeness (QED) is 0.437.